The number of piperidine rings is 1. The summed E-state index contributed by atoms with van der Waals surface area (Å²) in [6, 6.07) is 9.45. The third-order valence-corrected chi connectivity index (χ3v) is 8.12. The first-order valence-electron chi connectivity index (χ1n) is 9.60. The van der Waals surface area contributed by atoms with Crippen molar-refractivity contribution in [1.82, 2.24) is 9.80 Å². The summed E-state index contributed by atoms with van der Waals surface area (Å²) in [5.74, 6) is -0.228. The number of hydrogen-bond donors (Lipinski definition) is 0. The van der Waals surface area contributed by atoms with Crippen LogP contribution in [0, 0.1) is 5.92 Å². The van der Waals surface area contributed by atoms with Gasteiger partial charge >= 0.3 is 0 Å². The highest BCUT2D eigenvalue weighted by Crippen LogP contribution is 2.41. The molecule has 7 heteroatoms. The van der Waals surface area contributed by atoms with E-state index >= 15 is 0 Å². The van der Waals surface area contributed by atoms with Gasteiger partial charge in [-0.3, -0.25) is 9.59 Å². The van der Waals surface area contributed by atoms with E-state index in [0.717, 1.165) is 12.0 Å². The molecule has 2 fully saturated rings. The molecule has 2 heterocycles. The summed E-state index contributed by atoms with van der Waals surface area (Å²) in [5, 5.41) is 0. The van der Waals surface area contributed by atoms with Gasteiger partial charge in [0.2, 0.25) is 11.8 Å². The summed E-state index contributed by atoms with van der Waals surface area (Å²) in [6.45, 7) is 5.22. The molecule has 0 atom stereocenters. The van der Waals surface area contributed by atoms with Crippen molar-refractivity contribution in [1.29, 1.82) is 0 Å². The van der Waals surface area contributed by atoms with E-state index in [-0.39, 0.29) is 11.8 Å². The Bertz CT molecular complexity index is 797. The molecule has 0 unspecified atom stereocenters. The lowest BCUT2D eigenvalue weighted by atomic mass is 10.00. The zero-order valence-electron chi connectivity index (χ0n) is 16.1. The maximum atomic E-state index is 12.9. The fourth-order valence-electron chi connectivity index (χ4n) is 4.02. The highest BCUT2D eigenvalue weighted by atomic mass is 32.2. The normalized spacial score (nSPS) is 21.2. The van der Waals surface area contributed by atoms with Crippen molar-refractivity contribution in [2.24, 2.45) is 5.92 Å². The van der Waals surface area contributed by atoms with Gasteiger partial charge in [0.15, 0.2) is 9.84 Å². The van der Waals surface area contributed by atoms with Gasteiger partial charge in [0, 0.05) is 38.9 Å². The van der Waals surface area contributed by atoms with E-state index in [4.69, 9.17) is 0 Å². The summed E-state index contributed by atoms with van der Waals surface area (Å²) in [4.78, 5) is 27.0. The zero-order chi connectivity index (χ0) is 19.7. The number of sulfone groups is 1. The molecule has 0 N–H and O–H groups in total. The second-order valence-electron chi connectivity index (χ2n) is 7.98. The molecule has 0 aliphatic carbocycles. The number of likely N-dealkylation sites (tertiary alicyclic amines) is 1. The van der Waals surface area contributed by atoms with Gasteiger partial charge in [-0.15, -0.1) is 0 Å². The summed E-state index contributed by atoms with van der Waals surface area (Å²) >= 11 is 0. The third kappa shape index (κ3) is 3.88. The Balaban J connectivity index is 1.76. The molecule has 1 spiro atoms. The van der Waals surface area contributed by atoms with E-state index in [0.29, 0.717) is 44.8 Å². The first kappa shape index (κ1) is 19.9. The maximum absolute atomic E-state index is 12.9. The van der Waals surface area contributed by atoms with E-state index in [1.807, 2.05) is 30.3 Å². The van der Waals surface area contributed by atoms with E-state index < -0.39 is 20.5 Å². The number of carbonyl (C=O) groups excluding carboxylic acids is 2. The minimum atomic E-state index is -3.56. The molecular weight excluding hydrogens is 364 g/mol. The summed E-state index contributed by atoms with van der Waals surface area (Å²) in [5.41, 5.74) is 0.915. The summed E-state index contributed by atoms with van der Waals surface area (Å²) in [6.07, 6.45) is 1.91. The smallest absolute Gasteiger partial charge is 0.239 e. The summed E-state index contributed by atoms with van der Waals surface area (Å²) in [7, 11) is -3.56. The molecule has 27 heavy (non-hydrogen) atoms. The molecule has 2 saturated heterocycles. The number of amides is 2. The fourth-order valence-corrected chi connectivity index (χ4v) is 6.08. The molecule has 2 aliphatic rings. The van der Waals surface area contributed by atoms with Crippen molar-refractivity contribution < 1.29 is 18.0 Å². The number of benzene rings is 1. The predicted octanol–water partition coefficient (Wildman–Crippen LogP) is 2.20. The summed E-state index contributed by atoms with van der Waals surface area (Å²) < 4.78 is 25.8. The van der Waals surface area contributed by atoms with Crippen molar-refractivity contribution >= 4 is 21.7 Å². The Labute approximate surface area is 161 Å². The highest BCUT2D eigenvalue weighted by molar-refractivity contribution is 7.93. The predicted molar refractivity (Wildman–Crippen MR) is 103 cm³/mol. The van der Waals surface area contributed by atoms with Crippen LogP contribution in [0.5, 0.6) is 0 Å². The monoisotopic (exact) mass is 392 g/mol. The van der Waals surface area contributed by atoms with Gasteiger partial charge in [0.25, 0.3) is 0 Å². The van der Waals surface area contributed by atoms with Gasteiger partial charge in [0.1, 0.15) is 10.6 Å². The van der Waals surface area contributed by atoms with Crippen LogP contribution in [0.2, 0.25) is 0 Å². The standard InChI is InChI=1S/C20H28N2O4S/c1-16(2)8-9-18(23)21-12-10-20(11-13-21)22(19(24)15-27(20,25)26)14-17-6-4-3-5-7-17/h3-7,16H,8-15H2,1-2H3. The van der Waals surface area contributed by atoms with E-state index in [9.17, 15) is 18.0 Å². The molecule has 0 radical (unpaired) electrons. The second-order valence-corrected chi connectivity index (χ2v) is 10.3. The molecule has 0 bridgehead atoms. The third-order valence-electron chi connectivity index (χ3n) is 5.70. The average molecular weight is 393 g/mol. The number of nitrogens with zero attached hydrogens (tertiary/aromatic N) is 2. The van der Waals surface area contributed by atoms with Crippen LogP contribution in [0.3, 0.4) is 0 Å². The quantitative estimate of drug-likeness (QED) is 0.770. The number of hydrogen-bond acceptors (Lipinski definition) is 4. The zero-order valence-corrected chi connectivity index (χ0v) is 16.9. The number of carbonyl (C=O) groups is 2. The van der Waals surface area contributed by atoms with Crippen LogP contribution in [-0.2, 0) is 26.0 Å². The van der Waals surface area contributed by atoms with E-state index in [1.54, 1.807) is 4.90 Å². The maximum Gasteiger partial charge on any atom is 0.239 e. The Hall–Kier alpha value is -1.89. The Morgan fingerprint density at radius 3 is 2.37 bits per heavy atom. The largest absolute Gasteiger partial charge is 0.342 e. The molecule has 1 aromatic rings. The highest BCUT2D eigenvalue weighted by Gasteiger charge is 2.58. The lowest BCUT2D eigenvalue weighted by Gasteiger charge is -2.43. The molecule has 3 rings (SSSR count). The van der Waals surface area contributed by atoms with Crippen LogP contribution in [0.1, 0.15) is 45.1 Å². The Kier molecular flexibility index (Phi) is 5.60. The van der Waals surface area contributed by atoms with Crippen molar-refractivity contribution in [2.75, 3.05) is 18.8 Å². The topological polar surface area (TPSA) is 74.8 Å². The molecule has 1 aromatic carbocycles. The molecule has 0 saturated carbocycles. The molecular formula is C20H28N2O4S. The van der Waals surface area contributed by atoms with E-state index in [1.165, 1.54) is 4.90 Å². The SMILES string of the molecule is CC(C)CCC(=O)N1CCC2(CC1)N(Cc1ccccc1)C(=O)CS2(=O)=O. The van der Waals surface area contributed by atoms with Crippen LogP contribution < -0.4 is 0 Å². The Morgan fingerprint density at radius 2 is 1.78 bits per heavy atom. The van der Waals surface area contributed by atoms with Crippen LogP contribution >= 0.6 is 0 Å². The lowest BCUT2D eigenvalue weighted by Crippen LogP contribution is -2.56. The molecule has 2 amide bonds. The number of rotatable bonds is 5. The van der Waals surface area contributed by atoms with E-state index in [2.05, 4.69) is 13.8 Å². The van der Waals surface area contributed by atoms with Crippen LogP contribution in [0.15, 0.2) is 30.3 Å². The second kappa shape index (κ2) is 7.62. The minimum Gasteiger partial charge on any atom is -0.342 e. The van der Waals surface area contributed by atoms with Gasteiger partial charge in [-0.2, -0.15) is 0 Å². The van der Waals surface area contributed by atoms with Crippen molar-refractivity contribution in [3.63, 3.8) is 0 Å². The van der Waals surface area contributed by atoms with Gasteiger partial charge in [-0.1, -0.05) is 44.2 Å². The van der Waals surface area contributed by atoms with Crippen LogP contribution in [0.4, 0.5) is 0 Å². The van der Waals surface area contributed by atoms with Crippen molar-refractivity contribution in [3.05, 3.63) is 35.9 Å². The minimum absolute atomic E-state index is 0.0786. The van der Waals surface area contributed by atoms with Gasteiger partial charge in [-0.25, -0.2) is 8.42 Å². The molecule has 148 valence electrons. The average Bonchev–Trinajstić information content (AvgIpc) is 2.81. The first-order chi connectivity index (χ1) is 12.7. The van der Waals surface area contributed by atoms with Crippen molar-refractivity contribution in [2.45, 2.75) is 50.9 Å². The van der Waals surface area contributed by atoms with Crippen LogP contribution in [-0.4, -0.2) is 53.7 Å². The Morgan fingerprint density at radius 1 is 1.15 bits per heavy atom. The fraction of sp³-hybridized carbons (Fsp3) is 0.600. The lowest BCUT2D eigenvalue weighted by molar-refractivity contribution is -0.136. The van der Waals surface area contributed by atoms with Gasteiger partial charge in [0.05, 0.1) is 0 Å². The molecule has 0 aromatic heterocycles. The van der Waals surface area contributed by atoms with Gasteiger partial charge in [-0.05, 0) is 17.9 Å². The molecule has 2 aliphatic heterocycles. The van der Waals surface area contributed by atoms with Gasteiger partial charge < -0.3 is 9.80 Å². The van der Waals surface area contributed by atoms with Crippen molar-refractivity contribution in [3.8, 4) is 0 Å². The molecule has 6 nitrogen and oxygen atoms in total. The first-order valence-corrected chi connectivity index (χ1v) is 11.2. The van der Waals surface area contributed by atoms with Crippen LogP contribution in [0.25, 0.3) is 0 Å².